The second kappa shape index (κ2) is 7.31. The van der Waals surface area contributed by atoms with Gasteiger partial charge < -0.3 is 0 Å². The van der Waals surface area contributed by atoms with Crippen molar-refractivity contribution >= 4 is 6.08 Å². The molecule has 0 aromatic carbocycles. The van der Waals surface area contributed by atoms with Crippen molar-refractivity contribution in [2.75, 3.05) is 0 Å². The topological polar surface area (TPSA) is 12.9 Å². The lowest BCUT2D eigenvalue weighted by Gasteiger charge is -1.94. The molecule has 1 heterocycles. The van der Waals surface area contributed by atoms with Crippen molar-refractivity contribution in [3.05, 3.63) is 36.2 Å². The van der Waals surface area contributed by atoms with Gasteiger partial charge in [0.2, 0.25) is 0 Å². The van der Waals surface area contributed by atoms with E-state index in [9.17, 15) is 0 Å². The summed E-state index contributed by atoms with van der Waals surface area (Å²) in [4.78, 5) is 4.23. The first-order valence-corrected chi connectivity index (χ1v) is 5.51. The molecule has 0 unspecified atom stereocenters. The molecule has 0 saturated carbocycles. The van der Waals surface area contributed by atoms with Gasteiger partial charge in [-0.3, -0.25) is 4.98 Å². The molecule has 76 valence electrons. The normalized spacial score (nSPS) is 10.9. The van der Waals surface area contributed by atoms with Crippen LogP contribution in [0.3, 0.4) is 0 Å². The van der Waals surface area contributed by atoms with Crippen LogP contribution >= 0.6 is 0 Å². The predicted octanol–water partition coefficient (Wildman–Crippen LogP) is 4.07. The van der Waals surface area contributed by atoms with E-state index < -0.39 is 0 Å². The molecule has 0 fully saturated rings. The van der Waals surface area contributed by atoms with E-state index >= 15 is 0 Å². The largest absolute Gasteiger partial charge is 0.257 e. The van der Waals surface area contributed by atoms with E-state index in [0.29, 0.717) is 0 Å². The zero-order valence-corrected chi connectivity index (χ0v) is 8.95. The Kier molecular flexibility index (Phi) is 5.73. The number of hydrogen-bond donors (Lipinski definition) is 0. The summed E-state index contributed by atoms with van der Waals surface area (Å²) >= 11 is 0. The van der Waals surface area contributed by atoms with Crippen LogP contribution in [-0.4, -0.2) is 4.98 Å². The van der Waals surface area contributed by atoms with Crippen LogP contribution in [0.1, 0.15) is 44.7 Å². The van der Waals surface area contributed by atoms with Gasteiger partial charge in [-0.25, -0.2) is 0 Å². The van der Waals surface area contributed by atoms with Crippen molar-refractivity contribution in [2.45, 2.75) is 39.0 Å². The van der Waals surface area contributed by atoms with Gasteiger partial charge in [0.15, 0.2) is 0 Å². The molecule has 1 aromatic rings. The summed E-state index contributed by atoms with van der Waals surface area (Å²) < 4.78 is 0. The van der Waals surface area contributed by atoms with Gasteiger partial charge in [0, 0.05) is 6.20 Å². The minimum absolute atomic E-state index is 1.06. The molecule has 1 nitrogen and oxygen atoms in total. The van der Waals surface area contributed by atoms with Gasteiger partial charge in [-0.15, -0.1) is 0 Å². The fraction of sp³-hybridized carbons (Fsp3) is 0.462. The quantitative estimate of drug-likeness (QED) is 0.615. The van der Waals surface area contributed by atoms with E-state index in [1.165, 1.54) is 32.1 Å². The summed E-state index contributed by atoms with van der Waals surface area (Å²) in [6.07, 6.45) is 12.7. The van der Waals surface area contributed by atoms with E-state index in [4.69, 9.17) is 0 Å². The van der Waals surface area contributed by atoms with E-state index in [2.05, 4.69) is 24.1 Å². The van der Waals surface area contributed by atoms with Crippen molar-refractivity contribution in [1.29, 1.82) is 0 Å². The predicted molar refractivity (Wildman–Crippen MR) is 62.0 cm³/mol. The molecular weight excluding hydrogens is 170 g/mol. The minimum Gasteiger partial charge on any atom is -0.257 e. The van der Waals surface area contributed by atoms with E-state index in [-0.39, 0.29) is 0 Å². The van der Waals surface area contributed by atoms with Crippen LogP contribution in [0.2, 0.25) is 0 Å². The molecular formula is C13H19N. The highest BCUT2D eigenvalue weighted by molar-refractivity contribution is 5.43. The van der Waals surface area contributed by atoms with Crippen molar-refractivity contribution in [3.63, 3.8) is 0 Å². The van der Waals surface area contributed by atoms with Crippen LogP contribution in [0.5, 0.6) is 0 Å². The van der Waals surface area contributed by atoms with Crippen molar-refractivity contribution in [1.82, 2.24) is 4.98 Å². The molecule has 0 spiro atoms. The molecule has 1 heteroatoms. The third-order valence-corrected chi connectivity index (χ3v) is 2.20. The number of aromatic nitrogens is 1. The summed E-state index contributed by atoms with van der Waals surface area (Å²) in [5.74, 6) is 0. The van der Waals surface area contributed by atoms with E-state index in [0.717, 1.165) is 5.69 Å². The molecule has 0 amide bonds. The number of allylic oxidation sites excluding steroid dienone is 1. The Morgan fingerprint density at radius 2 is 2.14 bits per heavy atom. The lowest BCUT2D eigenvalue weighted by atomic mass is 10.1. The van der Waals surface area contributed by atoms with Crippen LogP contribution in [-0.2, 0) is 0 Å². The lowest BCUT2D eigenvalue weighted by molar-refractivity contribution is 0.675. The van der Waals surface area contributed by atoms with Gasteiger partial charge in [0.05, 0.1) is 5.69 Å². The maximum atomic E-state index is 4.23. The van der Waals surface area contributed by atoms with Gasteiger partial charge >= 0.3 is 0 Å². The Morgan fingerprint density at radius 1 is 1.21 bits per heavy atom. The summed E-state index contributed by atoms with van der Waals surface area (Å²) in [6, 6.07) is 5.99. The molecule has 0 radical (unpaired) electrons. The Labute approximate surface area is 86.9 Å². The zero-order chi connectivity index (χ0) is 10.1. The Bertz CT molecular complexity index is 251. The highest BCUT2D eigenvalue weighted by Gasteiger charge is 1.86. The van der Waals surface area contributed by atoms with Gasteiger partial charge in [0.25, 0.3) is 0 Å². The smallest absolute Gasteiger partial charge is 0.0626 e. The number of nitrogens with zero attached hydrogens (tertiary/aromatic N) is 1. The number of rotatable bonds is 6. The molecule has 0 bridgehead atoms. The minimum atomic E-state index is 1.06. The average molecular weight is 189 g/mol. The summed E-state index contributed by atoms with van der Waals surface area (Å²) in [6.45, 7) is 2.24. The van der Waals surface area contributed by atoms with E-state index in [1.807, 2.05) is 24.4 Å². The Balaban J connectivity index is 2.15. The SMILES string of the molecule is CCCCCC/C=C\c1ccccn1. The Morgan fingerprint density at radius 3 is 2.86 bits per heavy atom. The van der Waals surface area contributed by atoms with Gasteiger partial charge in [-0.1, -0.05) is 38.3 Å². The van der Waals surface area contributed by atoms with Crippen LogP contribution < -0.4 is 0 Å². The third kappa shape index (κ3) is 4.80. The average Bonchev–Trinajstić information content (AvgIpc) is 2.25. The molecule has 0 N–H and O–H groups in total. The monoisotopic (exact) mass is 189 g/mol. The summed E-state index contributed by atoms with van der Waals surface area (Å²) in [5, 5.41) is 0. The van der Waals surface area contributed by atoms with Gasteiger partial charge in [-0.2, -0.15) is 0 Å². The number of pyridine rings is 1. The standard InChI is InChI=1S/C13H19N/c1-2-3-4-5-6-7-10-13-11-8-9-12-14-13/h7-12H,2-6H2,1H3/b10-7-. The molecule has 0 aliphatic carbocycles. The van der Waals surface area contributed by atoms with Gasteiger partial charge in [0.1, 0.15) is 0 Å². The number of hydrogen-bond acceptors (Lipinski definition) is 1. The molecule has 1 rings (SSSR count). The van der Waals surface area contributed by atoms with Crippen LogP contribution in [0.25, 0.3) is 6.08 Å². The van der Waals surface area contributed by atoms with E-state index in [1.54, 1.807) is 0 Å². The first-order chi connectivity index (χ1) is 6.93. The molecule has 14 heavy (non-hydrogen) atoms. The first kappa shape index (κ1) is 11.0. The highest BCUT2D eigenvalue weighted by atomic mass is 14.6. The summed E-state index contributed by atoms with van der Waals surface area (Å²) in [5.41, 5.74) is 1.06. The van der Waals surface area contributed by atoms with Crippen LogP contribution in [0.15, 0.2) is 30.5 Å². The van der Waals surface area contributed by atoms with Crippen molar-refractivity contribution < 1.29 is 0 Å². The van der Waals surface area contributed by atoms with Crippen LogP contribution in [0, 0.1) is 0 Å². The lowest BCUT2D eigenvalue weighted by Crippen LogP contribution is -1.77. The Hall–Kier alpha value is -1.11. The zero-order valence-electron chi connectivity index (χ0n) is 8.95. The maximum Gasteiger partial charge on any atom is 0.0626 e. The second-order valence-corrected chi connectivity index (χ2v) is 3.51. The second-order valence-electron chi connectivity index (χ2n) is 3.51. The van der Waals surface area contributed by atoms with Crippen molar-refractivity contribution in [3.8, 4) is 0 Å². The molecule has 0 aliphatic heterocycles. The van der Waals surface area contributed by atoms with Crippen LogP contribution in [0.4, 0.5) is 0 Å². The molecule has 1 aromatic heterocycles. The molecule has 0 aliphatic rings. The highest BCUT2D eigenvalue weighted by Crippen LogP contribution is 2.04. The first-order valence-electron chi connectivity index (χ1n) is 5.51. The fourth-order valence-corrected chi connectivity index (χ4v) is 1.37. The summed E-state index contributed by atoms with van der Waals surface area (Å²) in [7, 11) is 0. The maximum absolute atomic E-state index is 4.23. The fourth-order valence-electron chi connectivity index (χ4n) is 1.37. The van der Waals surface area contributed by atoms with Crippen molar-refractivity contribution in [2.24, 2.45) is 0 Å². The molecule has 0 saturated heterocycles. The molecule has 0 atom stereocenters. The number of unbranched alkanes of at least 4 members (excludes halogenated alkanes) is 4. The third-order valence-electron chi connectivity index (χ3n) is 2.20. The van der Waals surface area contributed by atoms with Gasteiger partial charge in [-0.05, 0) is 31.1 Å².